The number of nitrogens with zero attached hydrogens (tertiary/aromatic N) is 4. The van der Waals surface area contributed by atoms with Crippen molar-refractivity contribution in [3.8, 4) is 34.1 Å². The number of hydrogen-bond acceptors (Lipinski definition) is 3. The van der Waals surface area contributed by atoms with Crippen LogP contribution in [0.2, 0.25) is 0 Å². The zero-order chi connectivity index (χ0) is 36.1. The fraction of sp³-hybridized carbons (Fsp3) is 0.333. The molecule has 5 nitrogen and oxygen atoms in total. The van der Waals surface area contributed by atoms with E-state index >= 15 is 0 Å². The Morgan fingerprint density at radius 1 is 0.585 bits per heavy atom. The van der Waals surface area contributed by atoms with Crippen LogP contribution < -0.4 is 4.74 Å². The summed E-state index contributed by atoms with van der Waals surface area (Å²) < 4.78 is 11.0. The van der Waals surface area contributed by atoms with Crippen molar-refractivity contribution in [3.05, 3.63) is 131 Å². The second-order valence-corrected chi connectivity index (χ2v) is 15.8. The maximum atomic E-state index is 6.66. The molecule has 4 aromatic carbocycles. The van der Waals surface area contributed by atoms with Crippen molar-refractivity contribution < 1.29 is 4.74 Å². The number of ether oxygens (including phenoxy) is 1. The molecule has 0 aliphatic heterocycles. The Labute approximate surface area is 313 Å². The van der Waals surface area contributed by atoms with Crippen LogP contribution in [0.25, 0.3) is 44.4 Å². The summed E-state index contributed by atoms with van der Waals surface area (Å²) in [6.07, 6.45) is 15.1. The fourth-order valence-electron chi connectivity index (χ4n) is 9.58. The van der Waals surface area contributed by atoms with E-state index in [1.807, 2.05) is 18.3 Å². The lowest BCUT2D eigenvalue weighted by Gasteiger charge is -2.30. The third kappa shape index (κ3) is 6.24. The minimum Gasteiger partial charge on any atom is -0.457 e. The van der Waals surface area contributed by atoms with Crippen LogP contribution in [0.15, 0.2) is 97.2 Å². The first-order valence-corrected chi connectivity index (χ1v) is 19.9. The predicted molar refractivity (Wildman–Crippen MR) is 218 cm³/mol. The number of rotatable bonds is 7. The van der Waals surface area contributed by atoms with Gasteiger partial charge in [0.2, 0.25) is 0 Å². The van der Waals surface area contributed by atoms with Gasteiger partial charge in [0.05, 0.1) is 22.4 Å². The van der Waals surface area contributed by atoms with Crippen molar-refractivity contribution in [1.82, 2.24) is 19.3 Å². The summed E-state index contributed by atoms with van der Waals surface area (Å²) in [7, 11) is 0. The molecule has 53 heavy (non-hydrogen) atoms. The number of aryl methyl sites for hydroxylation is 3. The Kier molecular flexibility index (Phi) is 8.89. The summed E-state index contributed by atoms with van der Waals surface area (Å²) in [5.74, 6) is 3.72. The van der Waals surface area contributed by atoms with Crippen LogP contribution in [0, 0.1) is 27.7 Å². The van der Waals surface area contributed by atoms with Crippen molar-refractivity contribution in [1.29, 1.82) is 0 Å². The van der Waals surface area contributed by atoms with Gasteiger partial charge in [-0.1, -0.05) is 80.5 Å². The van der Waals surface area contributed by atoms with Crippen LogP contribution in [0.5, 0.6) is 11.5 Å². The van der Waals surface area contributed by atoms with Gasteiger partial charge in [-0.2, -0.15) is 5.10 Å². The number of para-hydroxylation sites is 1. The first-order valence-electron chi connectivity index (χ1n) is 19.9. The standard InChI is InChI=1S/C48H50N4O/c1-31-24-25-49-46(28-31)51-44-21-12-11-20-40(44)41-23-22-39(30-45(41)51)53-38-19-13-18-37(29-38)52-34(4)47(33(3)50-52)48-42(35-14-7-5-8-15-35)26-32(2)27-43(48)36-16-9-6-10-17-36/h11-13,18-30,35-36H,5-10,14-17H2,1-4H3. The van der Waals surface area contributed by atoms with E-state index in [1.165, 1.54) is 103 Å². The lowest BCUT2D eigenvalue weighted by atomic mass is 9.74. The van der Waals surface area contributed by atoms with Crippen molar-refractivity contribution in [2.24, 2.45) is 0 Å². The zero-order valence-electron chi connectivity index (χ0n) is 31.7. The van der Waals surface area contributed by atoms with Crippen LogP contribution in [-0.2, 0) is 0 Å². The Hall–Kier alpha value is -5.16. The average Bonchev–Trinajstić information content (AvgIpc) is 3.67. The average molecular weight is 699 g/mol. The maximum absolute atomic E-state index is 6.66. The highest BCUT2D eigenvalue weighted by atomic mass is 16.5. The van der Waals surface area contributed by atoms with E-state index < -0.39 is 0 Å². The summed E-state index contributed by atoms with van der Waals surface area (Å²) in [5, 5.41) is 7.65. The molecule has 2 saturated carbocycles. The molecule has 0 atom stereocenters. The van der Waals surface area contributed by atoms with Gasteiger partial charge in [-0.05, 0) is 130 Å². The molecule has 9 rings (SSSR count). The van der Waals surface area contributed by atoms with Gasteiger partial charge in [0.15, 0.2) is 0 Å². The summed E-state index contributed by atoms with van der Waals surface area (Å²) >= 11 is 0. The number of pyridine rings is 1. The molecule has 7 aromatic rings. The number of fused-ring (bicyclic) bond motifs is 3. The third-order valence-corrected chi connectivity index (χ3v) is 12.0. The quantitative estimate of drug-likeness (QED) is 0.166. The first-order chi connectivity index (χ1) is 25.9. The van der Waals surface area contributed by atoms with Gasteiger partial charge in [-0.25, -0.2) is 9.67 Å². The van der Waals surface area contributed by atoms with Gasteiger partial charge < -0.3 is 4.74 Å². The molecule has 0 N–H and O–H groups in total. The number of aromatic nitrogens is 4. The minimum atomic E-state index is 0.623. The summed E-state index contributed by atoms with van der Waals surface area (Å²) in [5.41, 5.74) is 14.1. The molecule has 3 aromatic heterocycles. The van der Waals surface area contributed by atoms with Crippen LogP contribution in [0.4, 0.5) is 0 Å². The molecule has 0 saturated heterocycles. The molecule has 0 spiro atoms. The van der Waals surface area contributed by atoms with E-state index in [4.69, 9.17) is 14.8 Å². The number of hydrogen-bond donors (Lipinski definition) is 0. The zero-order valence-corrected chi connectivity index (χ0v) is 31.7. The van der Waals surface area contributed by atoms with E-state index in [1.54, 1.807) is 11.1 Å². The van der Waals surface area contributed by atoms with Gasteiger partial charge in [0.1, 0.15) is 17.3 Å². The van der Waals surface area contributed by atoms with E-state index in [9.17, 15) is 0 Å². The Morgan fingerprint density at radius 2 is 1.26 bits per heavy atom. The summed E-state index contributed by atoms with van der Waals surface area (Å²) in [6, 6.07) is 32.6. The minimum absolute atomic E-state index is 0.623. The fourth-order valence-corrected chi connectivity index (χ4v) is 9.58. The molecule has 268 valence electrons. The predicted octanol–water partition coefficient (Wildman–Crippen LogP) is 13.2. The van der Waals surface area contributed by atoms with Crippen molar-refractivity contribution in [3.63, 3.8) is 0 Å². The second-order valence-electron chi connectivity index (χ2n) is 15.8. The third-order valence-electron chi connectivity index (χ3n) is 12.0. The van der Waals surface area contributed by atoms with E-state index in [0.29, 0.717) is 11.8 Å². The molecule has 2 fully saturated rings. The normalized spacial score (nSPS) is 15.8. The lowest BCUT2D eigenvalue weighted by molar-refractivity contribution is 0.436. The molecule has 0 bridgehead atoms. The van der Waals surface area contributed by atoms with Gasteiger partial charge in [0.25, 0.3) is 0 Å². The topological polar surface area (TPSA) is 44.9 Å². The number of benzene rings is 4. The van der Waals surface area contributed by atoms with Crippen LogP contribution >= 0.6 is 0 Å². The molecular weight excluding hydrogens is 649 g/mol. The molecular formula is C48H50N4O. The Balaban J connectivity index is 1.11. The van der Waals surface area contributed by atoms with Crippen molar-refractivity contribution >= 4 is 21.8 Å². The van der Waals surface area contributed by atoms with Crippen LogP contribution in [0.3, 0.4) is 0 Å². The van der Waals surface area contributed by atoms with Crippen LogP contribution in [0.1, 0.15) is 110 Å². The second kappa shape index (κ2) is 14.0. The monoisotopic (exact) mass is 698 g/mol. The molecule has 2 aliphatic carbocycles. The maximum Gasteiger partial charge on any atom is 0.137 e. The lowest BCUT2D eigenvalue weighted by Crippen LogP contribution is -2.12. The SMILES string of the molecule is Cc1ccnc(-n2c3ccccc3c3ccc(Oc4cccc(-n5nc(C)c(-c6c(C7CCCCC7)cc(C)cc6C6CCCCC6)c5C)c4)cc32)c1. The largest absolute Gasteiger partial charge is 0.457 e. The summed E-state index contributed by atoms with van der Waals surface area (Å²) in [6.45, 7) is 8.91. The van der Waals surface area contributed by atoms with Gasteiger partial charge >= 0.3 is 0 Å². The van der Waals surface area contributed by atoms with Crippen molar-refractivity contribution in [2.45, 2.75) is 104 Å². The first kappa shape index (κ1) is 33.7. The highest BCUT2D eigenvalue weighted by molar-refractivity contribution is 6.09. The summed E-state index contributed by atoms with van der Waals surface area (Å²) in [4.78, 5) is 4.76. The van der Waals surface area contributed by atoms with Gasteiger partial charge in [0, 0.05) is 40.4 Å². The highest BCUT2D eigenvalue weighted by Crippen LogP contribution is 2.47. The van der Waals surface area contributed by atoms with Crippen LogP contribution in [-0.4, -0.2) is 19.3 Å². The molecule has 0 unspecified atom stereocenters. The van der Waals surface area contributed by atoms with Gasteiger partial charge in [-0.15, -0.1) is 0 Å². The van der Waals surface area contributed by atoms with Gasteiger partial charge in [-0.3, -0.25) is 4.57 Å². The highest BCUT2D eigenvalue weighted by Gasteiger charge is 2.29. The molecule has 0 radical (unpaired) electrons. The van der Waals surface area contributed by atoms with E-state index in [-0.39, 0.29) is 0 Å². The molecule has 3 heterocycles. The molecule has 0 amide bonds. The van der Waals surface area contributed by atoms with E-state index in [0.717, 1.165) is 39.7 Å². The van der Waals surface area contributed by atoms with Crippen molar-refractivity contribution in [2.75, 3.05) is 0 Å². The molecule has 5 heteroatoms. The Morgan fingerprint density at radius 3 is 1.98 bits per heavy atom. The van der Waals surface area contributed by atoms with E-state index in [2.05, 4.69) is 116 Å². The molecule has 2 aliphatic rings. The Bertz CT molecular complexity index is 2420. The smallest absolute Gasteiger partial charge is 0.137 e.